The van der Waals surface area contributed by atoms with Crippen LogP contribution in [0.25, 0.3) is 0 Å². The van der Waals surface area contributed by atoms with Crippen LogP contribution in [0.1, 0.15) is 35.3 Å². The highest BCUT2D eigenvalue weighted by molar-refractivity contribution is 5.96. The molecular formula is C20H24N2O4. The molecule has 2 aromatic rings. The molecule has 0 aliphatic rings. The van der Waals surface area contributed by atoms with E-state index in [1.54, 1.807) is 22.8 Å². The van der Waals surface area contributed by atoms with E-state index < -0.39 is 0 Å². The van der Waals surface area contributed by atoms with E-state index in [-0.39, 0.29) is 23.7 Å². The van der Waals surface area contributed by atoms with E-state index in [9.17, 15) is 14.4 Å². The Morgan fingerprint density at radius 1 is 1.12 bits per heavy atom. The first-order chi connectivity index (χ1) is 12.5. The SMILES string of the molecule is COc1cc(C)n(CCNC(=O)CCCC(=O)c2ccccc2)c(=O)c1. The zero-order valence-electron chi connectivity index (χ0n) is 15.2. The topological polar surface area (TPSA) is 77.4 Å². The van der Waals surface area contributed by atoms with Crippen molar-refractivity contribution in [3.05, 3.63) is 64.1 Å². The van der Waals surface area contributed by atoms with Crippen molar-refractivity contribution >= 4 is 11.7 Å². The Bertz CT molecular complexity index is 812. The van der Waals surface area contributed by atoms with Crippen LogP contribution in [0, 0.1) is 6.92 Å². The summed E-state index contributed by atoms with van der Waals surface area (Å²) in [6.07, 6.45) is 1.13. The van der Waals surface area contributed by atoms with Crippen molar-refractivity contribution in [2.75, 3.05) is 13.7 Å². The fourth-order valence-electron chi connectivity index (χ4n) is 2.68. The molecule has 1 aromatic carbocycles. The van der Waals surface area contributed by atoms with E-state index in [1.807, 2.05) is 25.1 Å². The Labute approximate surface area is 152 Å². The number of ketones is 1. The standard InChI is InChI=1S/C20H24N2O4/c1-15-13-17(26-2)14-20(25)22(15)12-11-21-19(24)10-6-9-18(23)16-7-4-3-5-8-16/h3-5,7-8,13-14H,6,9-12H2,1-2H3,(H,21,24). The molecule has 6 heteroatoms. The van der Waals surface area contributed by atoms with Crippen molar-refractivity contribution < 1.29 is 14.3 Å². The van der Waals surface area contributed by atoms with E-state index >= 15 is 0 Å². The summed E-state index contributed by atoms with van der Waals surface area (Å²) in [5.41, 5.74) is 1.28. The van der Waals surface area contributed by atoms with Crippen molar-refractivity contribution in [2.24, 2.45) is 0 Å². The minimum atomic E-state index is -0.162. The third-order valence-corrected chi connectivity index (χ3v) is 4.11. The maximum Gasteiger partial charge on any atom is 0.254 e. The number of aryl methyl sites for hydroxylation is 1. The first kappa shape index (κ1) is 19.4. The summed E-state index contributed by atoms with van der Waals surface area (Å²) in [6, 6.07) is 12.3. The Balaban J connectivity index is 1.73. The first-order valence-electron chi connectivity index (χ1n) is 8.61. The van der Waals surface area contributed by atoms with Crippen molar-refractivity contribution in [3.8, 4) is 5.75 Å². The van der Waals surface area contributed by atoms with Gasteiger partial charge in [0.2, 0.25) is 5.91 Å². The predicted molar refractivity (Wildman–Crippen MR) is 99.6 cm³/mol. The van der Waals surface area contributed by atoms with Crippen LogP contribution in [0.5, 0.6) is 5.75 Å². The zero-order valence-corrected chi connectivity index (χ0v) is 15.2. The Morgan fingerprint density at radius 3 is 2.50 bits per heavy atom. The predicted octanol–water partition coefficient (Wildman–Crippen LogP) is 2.33. The fourth-order valence-corrected chi connectivity index (χ4v) is 2.68. The van der Waals surface area contributed by atoms with Gasteiger partial charge in [-0.3, -0.25) is 14.4 Å². The maximum atomic E-state index is 12.0. The highest BCUT2D eigenvalue weighted by atomic mass is 16.5. The van der Waals surface area contributed by atoms with Gasteiger partial charge in [0.15, 0.2) is 5.78 Å². The van der Waals surface area contributed by atoms with E-state index in [2.05, 4.69) is 5.32 Å². The van der Waals surface area contributed by atoms with Gasteiger partial charge in [0.05, 0.1) is 7.11 Å². The molecule has 0 atom stereocenters. The second kappa shape index (κ2) is 9.56. The molecule has 0 aliphatic heterocycles. The van der Waals surface area contributed by atoms with Gasteiger partial charge in [-0.05, 0) is 19.4 Å². The van der Waals surface area contributed by atoms with E-state index in [1.165, 1.54) is 13.2 Å². The first-order valence-corrected chi connectivity index (χ1v) is 8.61. The van der Waals surface area contributed by atoms with Crippen LogP contribution in [0.2, 0.25) is 0 Å². The molecule has 0 bridgehead atoms. The molecular weight excluding hydrogens is 332 g/mol. The average Bonchev–Trinajstić information content (AvgIpc) is 2.64. The molecule has 26 heavy (non-hydrogen) atoms. The second-order valence-corrected chi connectivity index (χ2v) is 6.02. The van der Waals surface area contributed by atoms with Crippen molar-refractivity contribution in [3.63, 3.8) is 0 Å². The molecule has 0 saturated heterocycles. The van der Waals surface area contributed by atoms with Crippen LogP contribution < -0.4 is 15.6 Å². The van der Waals surface area contributed by atoms with Crippen molar-refractivity contribution in [1.29, 1.82) is 0 Å². The van der Waals surface area contributed by atoms with E-state index in [0.717, 1.165) is 5.69 Å². The summed E-state index contributed by atoms with van der Waals surface area (Å²) in [5.74, 6) is 0.444. The number of pyridine rings is 1. The van der Waals surface area contributed by atoms with Gasteiger partial charge in [-0.1, -0.05) is 30.3 Å². The lowest BCUT2D eigenvalue weighted by Crippen LogP contribution is -2.31. The molecule has 138 valence electrons. The quantitative estimate of drug-likeness (QED) is 0.700. The van der Waals surface area contributed by atoms with Crippen LogP contribution in [0.3, 0.4) is 0 Å². The Hall–Kier alpha value is -2.89. The third kappa shape index (κ3) is 5.58. The number of hydrogen-bond donors (Lipinski definition) is 1. The average molecular weight is 356 g/mol. The summed E-state index contributed by atoms with van der Waals surface area (Å²) in [4.78, 5) is 35.9. The number of aromatic nitrogens is 1. The van der Waals surface area contributed by atoms with Gasteiger partial charge in [0, 0.05) is 43.3 Å². The monoisotopic (exact) mass is 356 g/mol. The molecule has 1 amide bonds. The Morgan fingerprint density at radius 2 is 1.85 bits per heavy atom. The highest BCUT2D eigenvalue weighted by Crippen LogP contribution is 2.09. The number of ether oxygens (including phenoxy) is 1. The molecule has 1 aromatic heterocycles. The van der Waals surface area contributed by atoms with Gasteiger partial charge in [-0.25, -0.2) is 0 Å². The molecule has 0 spiro atoms. The molecule has 0 saturated carbocycles. The number of amides is 1. The van der Waals surface area contributed by atoms with Crippen LogP contribution in [0.15, 0.2) is 47.3 Å². The zero-order chi connectivity index (χ0) is 18.9. The normalized spacial score (nSPS) is 10.4. The van der Waals surface area contributed by atoms with E-state index in [4.69, 9.17) is 4.74 Å². The number of Topliss-reactive ketones (excluding diaryl/α,β-unsaturated/α-hetero) is 1. The molecule has 0 radical (unpaired) electrons. The molecule has 2 rings (SSSR count). The molecule has 1 N–H and O–H groups in total. The number of hydrogen-bond acceptors (Lipinski definition) is 4. The summed E-state index contributed by atoms with van der Waals surface area (Å²) in [5, 5.41) is 2.79. The summed E-state index contributed by atoms with van der Waals surface area (Å²) < 4.78 is 6.64. The number of carbonyl (C=O) groups is 2. The minimum absolute atomic E-state index is 0.0406. The van der Waals surface area contributed by atoms with Gasteiger partial charge < -0.3 is 14.6 Å². The Kier molecular flexibility index (Phi) is 7.14. The van der Waals surface area contributed by atoms with Gasteiger partial charge >= 0.3 is 0 Å². The number of benzene rings is 1. The van der Waals surface area contributed by atoms with Gasteiger partial charge in [-0.2, -0.15) is 0 Å². The van der Waals surface area contributed by atoms with E-state index in [0.29, 0.717) is 37.2 Å². The summed E-state index contributed by atoms with van der Waals surface area (Å²) in [6.45, 7) is 2.57. The van der Waals surface area contributed by atoms with Gasteiger partial charge in [0.25, 0.3) is 5.56 Å². The van der Waals surface area contributed by atoms with Crippen LogP contribution in [-0.2, 0) is 11.3 Å². The smallest absolute Gasteiger partial charge is 0.254 e. The minimum Gasteiger partial charge on any atom is -0.496 e. The third-order valence-electron chi connectivity index (χ3n) is 4.11. The number of nitrogens with zero attached hydrogens (tertiary/aromatic N) is 1. The summed E-state index contributed by atoms with van der Waals surface area (Å²) >= 11 is 0. The van der Waals surface area contributed by atoms with Gasteiger partial charge in [-0.15, -0.1) is 0 Å². The molecule has 0 aliphatic carbocycles. The number of rotatable bonds is 9. The molecule has 0 unspecified atom stereocenters. The van der Waals surface area contributed by atoms with Gasteiger partial charge in [0.1, 0.15) is 5.75 Å². The fraction of sp³-hybridized carbons (Fsp3) is 0.350. The van der Waals surface area contributed by atoms with Crippen molar-refractivity contribution in [1.82, 2.24) is 9.88 Å². The lowest BCUT2D eigenvalue weighted by Gasteiger charge is -2.12. The van der Waals surface area contributed by atoms with Crippen LogP contribution in [-0.4, -0.2) is 29.9 Å². The number of methoxy groups -OCH3 is 1. The van der Waals surface area contributed by atoms with Crippen LogP contribution in [0.4, 0.5) is 0 Å². The molecule has 0 fully saturated rings. The molecule has 1 heterocycles. The lowest BCUT2D eigenvalue weighted by molar-refractivity contribution is -0.121. The number of carbonyl (C=O) groups excluding carboxylic acids is 2. The second-order valence-electron chi connectivity index (χ2n) is 6.02. The lowest BCUT2D eigenvalue weighted by atomic mass is 10.1. The highest BCUT2D eigenvalue weighted by Gasteiger charge is 2.08. The van der Waals surface area contributed by atoms with Crippen LogP contribution >= 0.6 is 0 Å². The van der Waals surface area contributed by atoms with Crippen molar-refractivity contribution in [2.45, 2.75) is 32.7 Å². The maximum absolute atomic E-state index is 12.0. The number of nitrogens with one attached hydrogen (secondary N) is 1. The summed E-state index contributed by atoms with van der Waals surface area (Å²) in [7, 11) is 1.52. The largest absolute Gasteiger partial charge is 0.496 e. The molecule has 6 nitrogen and oxygen atoms in total.